The van der Waals surface area contributed by atoms with E-state index < -0.39 is 0 Å². The Kier molecular flexibility index (Phi) is 5.43. The maximum atomic E-state index is 11.3. The average Bonchev–Trinajstić information content (AvgIpc) is 2.29. The molecule has 0 bridgehead atoms. The van der Waals surface area contributed by atoms with Crippen LogP contribution in [0.3, 0.4) is 0 Å². The Labute approximate surface area is 100 Å². The number of halogens is 1. The minimum Gasteiger partial charge on any atom is -0.334 e. The van der Waals surface area contributed by atoms with Crippen LogP contribution in [0.25, 0.3) is 0 Å². The zero-order valence-corrected chi connectivity index (χ0v) is 9.92. The van der Waals surface area contributed by atoms with E-state index in [0.29, 0.717) is 11.6 Å². The molecule has 0 atom stereocenters. The smallest absolute Gasteiger partial charge is 0.319 e. The van der Waals surface area contributed by atoms with E-state index in [1.54, 1.807) is 18.3 Å². The number of urea groups is 1. The molecule has 0 aliphatic rings. The minimum absolute atomic E-state index is 0.209. The summed E-state index contributed by atoms with van der Waals surface area (Å²) in [5.41, 5.74) is 1.01. The molecule has 0 saturated heterocycles. The van der Waals surface area contributed by atoms with Gasteiger partial charge in [-0.05, 0) is 24.1 Å². The van der Waals surface area contributed by atoms with Gasteiger partial charge in [0.25, 0.3) is 0 Å². The van der Waals surface area contributed by atoms with E-state index in [1.807, 2.05) is 25.1 Å². The van der Waals surface area contributed by atoms with Crippen molar-refractivity contribution in [3.05, 3.63) is 47.1 Å². The second-order valence-corrected chi connectivity index (χ2v) is 3.70. The van der Waals surface area contributed by atoms with E-state index in [4.69, 9.17) is 11.6 Å². The van der Waals surface area contributed by atoms with E-state index in [-0.39, 0.29) is 6.03 Å². The molecule has 2 amide bonds. The van der Waals surface area contributed by atoms with Crippen molar-refractivity contribution in [2.45, 2.75) is 19.9 Å². The second-order valence-electron chi connectivity index (χ2n) is 3.26. The summed E-state index contributed by atoms with van der Waals surface area (Å²) in [5.74, 6) is 0. The minimum atomic E-state index is -0.209. The highest BCUT2D eigenvalue weighted by atomic mass is 35.5. The molecule has 2 N–H and O–H groups in total. The molecule has 1 aromatic carbocycles. The van der Waals surface area contributed by atoms with E-state index in [2.05, 4.69) is 10.6 Å². The Morgan fingerprint density at radius 2 is 2.06 bits per heavy atom. The second kappa shape index (κ2) is 6.90. The Bertz CT molecular complexity index is 360. The molecule has 0 saturated carbocycles. The fourth-order valence-corrected chi connectivity index (χ4v) is 1.21. The molecular formula is C12H15ClN2O. The molecular weight excluding hydrogens is 224 g/mol. The van der Waals surface area contributed by atoms with Gasteiger partial charge in [-0.2, -0.15) is 0 Å². The summed E-state index contributed by atoms with van der Waals surface area (Å²) >= 11 is 5.75. The fourth-order valence-electron chi connectivity index (χ4n) is 1.09. The summed E-state index contributed by atoms with van der Waals surface area (Å²) in [6.07, 6.45) is 4.41. The van der Waals surface area contributed by atoms with Gasteiger partial charge in [0.05, 0.1) is 0 Å². The van der Waals surface area contributed by atoms with Crippen LogP contribution in [-0.4, -0.2) is 6.03 Å². The van der Waals surface area contributed by atoms with Crippen LogP contribution in [0.1, 0.15) is 18.9 Å². The number of nitrogens with one attached hydrogen (secondary N) is 2. The van der Waals surface area contributed by atoms with Crippen molar-refractivity contribution in [3.8, 4) is 0 Å². The van der Waals surface area contributed by atoms with Crippen molar-refractivity contribution in [1.29, 1.82) is 0 Å². The van der Waals surface area contributed by atoms with Gasteiger partial charge in [-0.15, -0.1) is 0 Å². The van der Waals surface area contributed by atoms with Gasteiger partial charge < -0.3 is 10.6 Å². The first-order valence-corrected chi connectivity index (χ1v) is 5.54. The van der Waals surface area contributed by atoms with Crippen LogP contribution in [-0.2, 0) is 6.54 Å². The van der Waals surface area contributed by atoms with Gasteiger partial charge in [-0.1, -0.05) is 36.7 Å². The molecule has 1 rings (SSSR count). The molecule has 0 fully saturated rings. The Hall–Kier alpha value is -1.48. The zero-order valence-electron chi connectivity index (χ0n) is 9.16. The number of carbonyl (C=O) groups excluding carboxylic acids is 1. The predicted molar refractivity (Wildman–Crippen MR) is 66.3 cm³/mol. The monoisotopic (exact) mass is 238 g/mol. The number of allylic oxidation sites excluding steroid dienone is 1. The largest absolute Gasteiger partial charge is 0.334 e. The zero-order chi connectivity index (χ0) is 11.8. The third kappa shape index (κ3) is 4.84. The Morgan fingerprint density at radius 1 is 1.38 bits per heavy atom. The van der Waals surface area contributed by atoms with Crippen LogP contribution in [0.5, 0.6) is 0 Å². The van der Waals surface area contributed by atoms with Gasteiger partial charge in [0.15, 0.2) is 0 Å². The van der Waals surface area contributed by atoms with Crippen LogP contribution in [0.4, 0.5) is 4.79 Å². The van der Waals surface area contributed by atoms with E-state index in [9.17, 15) is 4.79 Å². The van der Waals surface area contributed by atoms with E-state index >= 15 is 0 Å². The lowest BCUT2D eigenvalue weighted by Gasteiger charge is -2.04. The number of hydrogen-bond acceptors (Lipinski definition) is 1. The van der Waals surface area contributed by atoms with Crippen molar-refractivity contribution in [3.63, 3.8) is 0 Å². The van der Waals surface area contributed by atoms with Gasteiger partial charge in [-0.3, -0.25) is 0 Å². The molecule has 0 aliphatic heterocycles. The summed E-state index contributed by atoms with van der Waals surface area (Å²) in [6, 6.07) is 7.15. The van der Waals surface area contributed by atoms with Crippen molar-refractivity contribution >= 4 is 17.6 Å². The van der Waals surface area contributed by atoms with Gasteiger partial charge in [-0.25, -0.2) is 4.79 Å². The van der Waals surface area contributed by atoms with Crippen LogP contribution in [0.2, 0.25) is 5.02 Å². The number of rotatable bonds is 4. The third-order valence-corrected chi connectivity index (χ3v) is 2.19. The first kappa shape index (κ1) is 12.6. The van der Waals surface area contributed by atoms with Crippen molar-refractivity contribution in [2.24, 2.45) is 0 Å². The lowest BCUT2D eigenvalue weighted by molar-refractivity contribution is 0.243. The maximum Gasteiger partial charge on any atom is 0.319 e. The lowest BCUT2D eigenvalue weighted by Crippen LogP contribution is -2.31. The highest BCUT2D eigenvalue weighted by Gasteiger charge is 1.97. The highest BCUT2D eigenvalue weighted by Crippen LogP contribution is 2.08. The fraction of sp³-hybridized carbons (Fsp3) is 0.250. The van der Waals surface area contributed by atoms with Gasteiger partial charge >= 0.3 is 6.03 Å². The normalized spacial score (nSPS) is 10.4. The first-order valence-electron chi connectivity index (χ1n) is 5.16. The molecule has 3 nitrogen and oxygen atoms in total. The van der Waals surface area contributed by atoms with Crippen LogP contribution < -0.4 is 10.6 Å². The van der Waals surface area contributed by atoms with Crippen molar-refractivity contribution in [2.75, 3.05) is 0 Å². The van der Waals surface area contributed by atoms with Gasteiger partial charge in [0, 0.05) is 17.8 Å². The average molecular weight is 239 g/mol. The Morgan fingerprint density at radius 3 is 2.69 bits per heavy atom. The molecule has 0 unspecified atom stereocenters. The summed E-state index contributed by atoms with van der Waals surface area (Å²) in [6.45, 7) is 2.49. The maximum absolute atomic E-state index is 11.3. The molecule has 0 spiro atoms. The summed E-state index contributed by atoms with van der Waals surface area (Å²) in [4.78, 5) is 11.3. The molecule has 0 aliphatic carbocycles. The highest BCUT2D eigenvalue weighted by molar-refractivity contribution is 6.30. The number of hydrogen-bond donors (Lipinski definition) is 2. The van der Waals surface area contributed by atoms with Crippen molar-refractivity contribution < 1.29 is 4.79 Å². The SMILES string of the molecule is CC/C=C/NC(=O)NCc1ccc(Cl)cc1. The quantitative estimate of drug-likeness (QED) is 0.832. The van der Waals surface area contributed by atoms with E-state index in [0.717, 1.165) is 12.0 Å². The first-order chi connectivity index (χ1) is 7.72. The molecule has 0 heterocycles. The van der Waals surface area contributed by atoms with E-state index in [1.165, 1.54) is 0 Å². The van der Waals surface area contributed by atoms with Crippen LogP contribution >= 0.6 is 11.6 Å². The molecule has 4 heteroatoms. The topological polar surface area (TPSA) is 41.1 Å². The summed E-state index contributed by atoms with van der Waals surface area (Å²) in [5, 5.41) is 6.04. The van der Waals surface area contributed by atoms with Crippen LogP contribution in [0, 0.1) is 0 Å². The van der Waals surface area contributed by atoms with Gasteiger partial charge in [0.1, 0.15) is 0 Å². The third-order valence-electron chi connectivity index (χ3n) is 1.93. The van der Waals surface area contributed by atoms with Crippen molar-refractivity contribution in [1.82, 2.24) is 10.6 Å². The standard InChI is InChI=1S/C12H15ClN2O/c1-2-3-8-14-12(16)15-9-10-4-6-11(13)7-5-10/h3-8H,2,9H2,1H3,(H2,14,15,16)/b8-3+. The number of carbonyl (C=O) groups is 1. The Balaban J connectivity index is 2.31. The molecule has 0 aromatic heterocycles. The molecule has 16 heavy (non-hydrogen) atoms. The predicted octanol–water partition coefficient (Wildman–Crippen LogP) is 3.06. The summed E-state index contributed by atoms with van der Waals surface area (Å²) < 4.78 is 0. The number of amides is 2. The number of benzene rings is 1. The van der Waals surface area contributed by atoms with Gasteiger partial charge in [0.2, 0.25) is 0 Å². The lowest BCUT2D eigenvalue weighted by atomic mass is 10.2. The summed E-state index contributed by atoms with van der Waals surface area (Å²) in [7, 11) is 0. The van der Waals surface area contributed by atoms with Crippen LogP contribution in [0.15, 0.2) is 36.5 Å². The molecule has 0 radical (unpaired) electrons. The molecule has 1 aromatic rings. The molecule has 86 valence electrons.